The maximum Gasteiger partial charge on any atom is 0.116 e. The van der Waals surface area contributed by atoms with E-state index < -0.39 is 0 Å². The van der Waals surface area contributed by atoms with E-state index in [4.69, 9.17) is 0 Å². The van der Waals surface area contributed by atoms with Gasteiger partial charge in [-0.3, -0.25) is 0 Å². The molecule has 5 nitrogen and oxygen atoms in total. The zero-order valence-corrected chi connectivity index (χ0v) is 44.8. The largest absolute Gasteiger partial charge is 0.508 e. The first kappa shape index (κ1) is 54.9. The summed E-state index contributed by atoms with van der Waals surface area (Å²) in [6, 6.07) is 26.3. The Kier molecular flexibility index (Phi) is 25.6. The first-order valence-electron chi connectivity index (χ1n) is 29.6. The molecule has 0 unspecified atom stereocenters. The molecule has 0 saturated carbocycles. The molecule has 5 N–H and O–H groups in total. The van der Waals surface area contributed by atoms with Gasteiger partial charge in [0, 0.05) is 49.7 Å². The third-order valence-electron chi connectivity index (χ3n) is 15.5. The molecule has 6 rings (SSSR count). The van der Waals surface area contributed by atoms with Crippen molar-refractivity contribution >= 4 is 22.3 Å². The van der Waals surface area contributed by atoms with Crippen molar-refractivity contribution in [3.8, 4) is 5.75 Å². The SMILES string of the molecule is CCCCCCCCCCCCCC1=c2ccc([nH]2)=C(CCCCCCCCCCCCC)c2ccc([nH]2)C(c2cccc(O)c2)=c2ccc([nH]2)=C(CCCCCCCCCCCCC)c2ccc1[nH]2. The van der Waals surface area contributed by atoms with E-state index >= 15 is 0 Å². The molecule has 1 aliphatic heterocycles. The number of benzene rings is 1. The van der Waals surface area contributed by atoms with Gasteiger partial charge in [0.25, 0.3) is 0 Å². The summed E-state index contributed by atoms with van der Waals surface area (Å²) in [5, 5.41) is 15.5. The van der Waals surface area contributed by atoms with Crippen LogP contribution in [0.25, 0.3) is 22.3 Å². The fourth-order valence-electron chi connectivity index (χ4n) is 11.2. The molecule has 0 amide bonds. The molecule has 1 aliphatic rings. The second-order valence-corrected chi connectivity index (χ2v) is 21.4. The summed E-state index contributed by atoms with van der Waals surface area (Å²) < 4.78 is 0. The lowest BCUT2D eigenvalue weighted by molar-refractivity contribution is 0.475. The fraction of sp³-hybridized carbons (Fsp3) is 0.600. The predicted octanol–water partition coefficient (Wildman–Crippen LogP) is 17.0. The number of hydrogen-bond acceptors (Lipinski definition) is 1. The van der Waals surface area contributed by atoms with Crippen LogP contribution in [0, 0.1) is 0 Å². The van der Waals surface area contributed by atoms with Crippen molar-refractivity contribution in [2.45, 2.75) is 252 Å². The first-order chi connectivity index (χ1) is 34.6. The van der Waals surface area contributed by atoms with Crippen molar-refractivity contribution < 1.29 is 5.11 Å². The Hall–Kier alpha value is -4.38. The average molecular weight is 952 g/mol. The van der Waals surface area contributed by atoms with Crippen molar-refractivity contribution in [2.75, 3.05) is 0 Å². The van der Waals surface area contributed by atoms with E-state index in [1.165, 1.54) is 262 Å². The monoisotopic (exact) mass is 951 g/mol. The van der Waals surface area contributed by atoms with E-state index in [1.807, 2.05) is 12.1 Å². The normalized spacial score (nSPS) is 12.8. The summed E-state index contributed by atoms with van der Waals surface area (Å²) in [5.41, 5.74) is 10.9. The van der Waals surface area contributed by atoms with Gasteiger partial charge >= 0.3 is 0 Å². The number of phenols is 1. The lowest BCUT2D eigenvalue weighted by atomic mass is 10.0. The molecule has 5 heterocycles. The molecule has 8 bridgehead atoms. The summed E-state index contributed by atoms with van der Waals surface area (Å²) in [4.78, 5) is 16.0. The summed E-state index contributed by atoms with van der Waals surface area (Å²) in [7, 11) is 0. The summed E-state index contributed by atoms with van der Waals surface area (Å²) in [6.07, 6.45) is 47.5. The van der Waals surface area contributed by atoms with Gasteiger partial charge < -0.3 is 25.0 Å². The highest BCUT2D eigenvalue weighted by atomic mass is 16.3. The van der Waals surface area contributed by atoms with Crippen LogP contribution in [0.2, 0.25) is 0 Å². The maximum absolute atomic E-state index is 10.8. The van der Waals surface area contributed by atoms with Crippen LogP contribution in [0.1, 0.15) is 280 Å². The highest BCUT2D eigenvalue weighted by molar-refractivity contribution is 5.79. The molecule has 5 aromatic rings. The number of rotatable bonds is 37. The van der Waals surface area contributed by atoms with E-state index in [2.05, 4.69) is 95.3 Å². The lowest BCUT2D eigenvalue weighted by Gasteiger charge is -2.10. The molecule has 0 saturated heterocycles. The average Bonchev–Trinajstić information content (AvgIpc) is 4.23. The number of aromatic amines is 4. The zero-order valence-electron chi connectivity index (χ0n) is 44.8. The van der Waals surface area contributed by atoms with Crippen LogP contribution in [-0.4, -0.2) is 25.0 Å². The fourth-order valence-corrected chi connectivity index (χ4v) is 11.2. The molecule has 0 spiro atoms. The number of phenolic OH excluding ortho intramolecular Hbond substituents is 1. The Morgan fingerprint density at radius 3 is 0.957 bits per heavy atom. The van der Waals surface area contributed by atoms with Gasteiger partial charge in [0.2, 0.25) is 0 Å². The van der Waals surface area contributed by atoms with Crippen molar-refractivity contribution in [3.63, 3.8) is 0 Å². The molecular formula is C65H98N4O. The second kappa shape index (κ2) is 32.6. The van der Waals surface area contributed by atoms with Crippen molar-refractivity contribution in [3.05, 3.63) is 123 Å². The van der Waals surface area contributed by atoms with Gasteiger partial charge in [0.05, 0.1) is 0 Å². The van der Waals surface area contributed by atoms with E-state index in [1.54, 1.807) is 6.07 Å². The Morgan fingerprint density at radius 2 is 0.600 bits per heavy atom. The number of fused-ring (bicyclic) bond motifs is 8. The maximum atomic E-state index is 10.8. The van der Waals surface area contributed by atoms with Gasteiger partial charge in [-0.05, 0) is 121 Å². The molecule has 0 atom stereocenters. The molecule has 4 aromatic heterocycles. The van der Waals surface area contributed by atoms with Crippen LogP contribution in [0.5, 0.6) is 5.75 Å². The summed E-state index contributed by atoms with van der Waals surface area (Å²) in [6.45, 7) is 6.92. The third kappa shape index (κ3) is 18.3. The van der Waals surface area contributed by atoms with E-state index in [-0.39, 0.29) is 5.75 Å². The number of hydrogen-bond donors (Lipinski definition) is 5. The molecular weight excluding hydrogens is 853 g/mol. The first-order valence-corrected chi connectivity index (χ1v) is 29.6. The van der Waals surface area contributed by atoms with Crippen LogP contribution in [0.3, 0.4) is 0 Å². The number of H-pyrrole nitrogens is 4. The number of aromatic hydroxyl groups is 1. The third-order valence-corrected chi connectivity index (χ3v) is 15.5. The highest BCUT2D eigenvalue weighted by Crippen LogP contribution is 2.28. The Labute approximate surface area is 425 Å². The van der Waals surface area contributed by atoms with Gasteiger partial charge in [-0.15, -0.1) is 0 Å². The molecule has 384 valence electrons. The van der Waals surface area contributed by atoms with Gasteiger partial charge in [-0.1, -0.05) is 226 Å². The van der Waals surface area contributed by atoms with Crippen LogP contribution in [-0.2, 0) is 0 Å². The zero-order chi connectivity index (χ0) is 48.9. The van der Waals surface area contributed by atoms with Gasteiger partial charge in [0.15, 0.2) is 0 Å². The summed E-state index contributed by atoms with van der Waals surface area (Å²) in [5.74, 6) is 0.279. The standard InChI is InChI=1S/C65H98N4O/c1-4-7-10-13-16-19-22-25-28-31-34-40-54-57-43-45-59(66-57)55(41-35-32-29-26-23-20-17-14-11-8-5-2)61-47-49-63(68-61)65(52-38-37-39-53(70)51-52)64-50-48-62(69-64)56(60-46-44-58(54)67-60)42-36-33-30-27-24-21-18-15-12-9-6-3/h37-39,43-51,66-70H,4-36,40-42H2,1-3H3. The van der Waals surface area contributed by atoms with Crippen LogP contribution in [0.15, 0.2) is 72.8 Å². The van der Waals surface area contributed by atoms with E-state index in [0.717, 1.165) is 41.4 Å². The van der Waals surface area contributed by atoms with Gasteiger partial charge in [0.1, 0.15) is 5.75 Å². The van der Waals surface area contributed by atoms with Crippen LogP contribution in [0.4, 0.5) is 0 Å². The minimum Gasteiger partial charge on any atom is -0.508 e. The van der Waals surface area contributed by atoms with Gasteiger partial charge in [-0.2, -0.15) is 0 Å². The second-order valence-electron chi connectivity index (χ2n) is 21.4. The lowest BCUT2D eigenvalue weighted by Crippen LogP contribution is -2.18. The predicted molar refractivity (Wildman–Crippen MR) is 302 cm³/mol. The minimum absolute atomic E-state index is 0.279. The van der Waals surface area contributed by atoms with Crippen molar-refractivity contribution in [1.29, 1.82) is 0 Å². The van der Waals surface area contributed by atoms with Crippen molar-refractivity contribution in [1.82, 2.24) is 19.9 Å². The Bertz CT molecular complexity index is 2430. The van der Waals surface area contributed by atoms with Crippen LogP contribution < -0.4 is 21.4 Å². The van der Waals surface area contributed by atoms with Crippen molar-refractivity contribution in [2.24, 2.45) is 0 Å². The van der Waals surface area contributed by atoms with E-state index in [0.29, 0.717) is 0 Å². The number of aromatic nitrogens is 4. The topological polar surface area (TPSA) is 83.4 Å². The molecule has 0 fully saturated rings. The van der Waals surface area contributed by atoms with E-state index in [9.17, 15) is 5.11 Å². The number of nitrogens with one attached hydrogen (secondary N) is 4. The van der Waals surface area contributed by atoms with Gasteiger partial charge in [-0.25, -0.2) is 0 Å². The number of unbranched alkanes of at least 4 members (excludes halogenated alkanes) is 30. The Morgan fingerprint density at radius 1 is 0.300 bits per heavy atom. The quantitative estimate of drug-likeness (QED) is 0.0253. The molecule has 70 heavy (non-hydrogen) atoms. The molecule has 0 aliphatic carbocycles. The molecule has 0 radical (unpaired) electrons. The summed E-state index contributed by atoms with van der Waals surface area (Å²) >= 11 is 0. The smallest absolute Gasteiger partial charge is 0.116 e. The molecule has 1 aromatic carbocycles. The molecule has 5 heteroatoms. The Balaban J connectivity index is 1.29. The van der Waals surface area contributed by atoms with Crippen LogP contribution >= 0.6 is 0 Å². The minimum atomic E-state index is 0.279. The highest BCUT2D eigenvalue weighted by Gasteiger charge is 2.17.